The van der Waals surface area contributed by atoms with E-state index in [2.05, 4.69) is 11.9 Å². The molecule has 0 radical (unpaired) electrons. The van der Waals surface area contributed by atoms with Gasteiger partial charge in [-0.1, -0.05) is 12.7 Å². The van der Waals surface area contributed by atoms with Gasteiger partial charge in [-0.15, -0.1) is 0 Å². The first-order valence-electron chi connectivity index (χ1n) is 8.64. The average Bonchev–Trinajstić information content (AvgIpc) is 2.57. The maximum atomic E-state index is 12.7. The van der Waals surface area contributed by atoms with E-state index in [4.69, 9.17) is 4.74 Å². The predicted molar refractivity (Wildman–Crippen MR) is 102 cm³/mol. The number of nitrogens with zero attached hydrogens (tertiary/aromatic N) is 2. The number of nitrogens with one attached hydrogen (secondary N) is 1. The number of allylic oxidation sites excluding steroid dienone is 2. The van der Waals surface area contributed by atoms with E-state index in [1.165, 1.54) is 6.08 Å². The lowest BCUT2D eigenvalue weighted by Crippen LogP contribution is -2.50. The van der Waals surface area contributed by atoms with Crippen LogP contribution in [0, 0.1) is 0 Å². The third kappa shape index (κ3) is 7.23. The minimum absolute atomic E-state index is 0. The standard InChI is InChI=1S/C19H29N3O4.H2/c1-6-15(12-16(7-2)20-14-23)18(25)22-10-8-21(9-11-22)13-17(24)26-19(3,4)5;/h6-7,12,14H,2,8-11,13H2,1,3-5H3,(H,20,23);1H/b15-6+,16-12+;. The van der Waals surface area contributed by atoms with Gasteiger partial charge in [0.25, 0.3) is 5.91 Å². The molecule has 1 saturated heterocycles. The van der Waals surface area contributed by atoms with Gasteiger partial charge in [-0.2, -0.15) is 0 Å². The van der Waals surface area contributed by atoms with Gasteiger partial charge in [0.15, 0.2) is 0 Å². The van der Waals surface area contributed by atoms with Crippen molar-refractivity contribution in [3.05, 3.63) is 36.1 Å². The van der Waals surface area contributed by atoms with Crippen LogP contribution in [0.25, 0.3) is 0 Å². The van der Waals surface area contributed by atoms with Crippen LogP contribution < -0.4 is 5.32 Å². The molecule has 146 valence electrons. The van der Waals surface area contributed by atoms with Gasteiger partial charge in [0.2, 0.25) is 6.41 Å². The van der Waals surface area contributed by atoms with Crippen molar-refractivity contribution in [2.75, 3.05) is 32.7 Å². The molecule has 0 spiro atoms. The Morgan fingerprint density at radius 2 is 1.85 bits per heavy atom. The fourth-order valence-corrected chi connectivity index (χ4v) is 2.51. The minimum atomic E-state index is -0.500. The van der Waals surface area contributed by atoms with Gasteiger partial charge in [-0.3, -0.25) is 19.3 Å². The summed E-state index contributed by atoms with van der Waals surface area (Å²) in [5.74, 6) is -0.374. The maximum Gasteiger partial charge on any atom is 0.320 e. The zero-order valence-corrected chi connectivity index (χ0v) is 16.1. The molecule has 0 aromatic rings. The second-order valence-corrected chi connectivity index (χ2v) is 6.96. The summed E-state index contributed by atoms with van der Waals surface area (Å²) in [7, 11) is 0. The van der Waals surface area contributed by atoms with Gasteiger partial charge in [0.1, 0.15) is 5.60 Å². The number of piperazine rings is 1. The van der Waals surface area contributed by atoms with Crippen LogP contribution in [-0.2, 0) is 19.1 Å². The predicted octanol–water partition coefficient (Wildman–Crippen LogP) is 1.48. The van der Waals surface area contributed by atoms with Gasteiger partial charge in [0, 0.05) is 38.9 Å². The third-order valence-electron chi connectivity index (χ3n) is 3.75. The lowest BCUT2D eigenvalue weighted by Gasteiger charge is -2.34. The number of ether oxygens (including phenoxy) is 1. The Labute approximate surface area is 156 Å². The van der Waals surface area contributed by atoms with Crippen LogP contribution in [0.15, 0.2) is 36.1 Å². The van der Waals surface area contributed by atoms with E-state index >= 15 is 0 Å². The third-order valence-corrected chi connectivity index (χ3v) is 3.75. The number of hydrogen-bond donors (Lipinski definition) is 1. The van der Waals surface area contributed by atoms with Crippen molar-refractivity contribution in [1.29, 1.82) is 0 Å². The van der Waals surface area contributed by atoms with E-state index < -0.39 is 5.60 Å². The highest BCUT2D eigenvalue weighted by Gasteiger charge is 2.25. The molecule has 0 aliphatic carbocycles. The summed E-state index contributed by atoms with van der Waals surface area (Å²) in [6, 6.07) is 0. The number of rotatable bonds is 7. The Balaban J connectivity index is 0.00000676. The summed E-state index contributed by atoms with van der Waals surface area (Å²) in [5, 5.41) is 2.49. The molecule has 0 bridgehead atoms. The zero-order valence-electron chi connectivity index (χ0n) is 16.1. The molecule has 0 atom stereocenters. The molecule has 7 nitrogen and oxygen atoms in total. The van der Waals surface area contributed by atoms with Gasteiger partial charge < -0.3 is 15.0 Å². The fourth-order valence-electron chi connectivity index (χ4n) is 2.51. The molecule has 1 aliphatic heterocycles. The van der Waals surface area contributed by atoms with Gasteiger partial charge in [-0.05, 0) is 39.8 Å². The van der Waals surface area contributed by atoms with Crippen LogP contribution >= 0.6 is 0 Å². The second-order valence-electron chi connectivity index (χ2n) is 6.96. The molecule has 1 N–H and O–H groups in total. The Kier molecular flexibility index (Phi) is 8.25. The summed E-state index contributed by atoms with van der Waals surface area (Å²) < 4.78 is 5.33. The summed E-state index contributed by atoms with van der Waals surface area (Å²) in [6.07, 6.45) is 5.31. The molecule has 0 aromatic heterocycles. The monoisotopic (exact) mass is 365 g/mol. The lowest BCUT2D eigenvalue weighted by molar-refractivity contribution is -0.156. The Morgan fingerprint density at radius 3 is 2.31 bits per heavy atom. The van der Waals surface area contributed by atoms with Crippen molar-refractivity contribution < 1.29 is 20.5 Å². The van der Waals surface area contributed by atoms with Gasteiger partial charge in [-0.25, -0.2) is 0 Å². The van der Waals surface area contributed by atoms with Crippen LogP contribution in [0.2, 0.25) is 0 Å². The van der Waals surface area contributed by atoms with Crippen molar-refractivity contribution >= 4 is 18.3 Å². The smallest absolute Gasteiger partial charge is 0.320 e. The van der Waals surface area contributed by atoms with E-state index in [1.54, 1.807) is 24.0 Å². The van der Waals surface area contributed by atoms with Gasteiger partial charge in [0.05, 0.1) is 6.54 Å². The minimum Gasteiger partial charge on any atom is -0.459 e. The van der Waals surface area contributed by atoms with E-state index in [-0.39, 0.29) is 19.8 Å². The van der Waals surface area contributed by atoms with E-state index in [0.29, 0.717) is 43.9 Å². The molecule has 26 heavy (non-hydrogen) atoms. The number of amides is 2. The molecule has 2 amide bonds. The molecular formula is C19H31N3O4. The van der Waals surface area contributed by atoms with Crippen LogP contribution in [0.3, 0.4) is 0 Å². The summed E-state index contributed by atoms with van der Waals surface area (Å²) in [6.45, 7) is 13.4. The summed E-state index contributed by atoms with van der Waals surface area (Å²) in [5.41, 5.74) is 0.445. The Hall–Kier alpha value is -2.41. The number of esters is 1. The number of carbonyl (C=O) groups excluding carboxylic acids is 3. The van der Waals surface area contributed by atoms with Gasteiger partial charge >= 0.3 is 5.97 Å². The molecule has 1 rings (SSSR count). The van der Waals surface area contributed by atoms with Crippen LogP contribution in [0.4, 0.5) is 0 Å². The average molecular weight is 365 g/mol. The highest BCUT2D eigenvalue weighted by atomic mass is 16.6. The summed E-state index contributed by atoms with van der Waals surface area (Å²) >= 11 is 0. The van der Waals surface area contributed by atoms with E-state index in [9.17, 15) is 14.4 Å². The SMILES string of the molecule is C=C/C(=C\C(=C/C)C(=O)N1CCN(CC(=O)OC(C)(C)C)CC1)NC=O.[HH]. The number of carbonyl (C=O) groups is 3. The lowest BCUT2D eigenvalue weighted by atomic mass is 10.1. The van der Waals surface area contributed by atoms with E-state index in [1.807, 2.05) is 25.7 Å². The second kappa shape index (κ2) is 9.91. The van der Waals surface area contributed by atoms with Crippen molar-refractivity contribution in [1.82, 2.24) is 15.1 Å². The highest BCUT2D eigenvalue weighted by molar-refractivity contribution is 5.96. The fraction of sp³-hybridized carbons (Fsp3) is 0.526. The van der Waals surface area contributed by atoms with Crippen molar-refractivity contribution in [3.63, 3.8) is 0 Å². The first kappa shape index (κ1) is 21.6. The van der Waals surface area contributed by atoms with Crippen LogP contribution in [-0.4, -0.2) is 66.4 Å². The van der Waals surface area contributed by atoms with Crippen LogP contribution in [0.5, 0.6) is 0 Å². The molecular weight excluding hydrogens is 334 g/mol. The largest absolute Gasteiger partial charge is 0.459 e. The van der Waals surface area contributed by atoms with Crippen molar-refractivity contribution in [2.45, 2.75) is 33.3 Å². The summed E-state index contributed by atoms with van der Waals surface area (Å²) in [4.78, 5) is 38.8. The van der Waals surface area contributed by atoms with Crippen molar-refractivity contribution in [3.8, 4) is 0 Å². The number of hydrogen-bond acceptors (Lipinski definition) is 5. The Morgan fingerprint density at radius 1 is 1.23 bits per heavy atom. The zero-order chi connectivity index (χ0) is 19.7. The van der Waals surface area contributed by atoms with Crippen molar-refractivity contribution in [2.24, 2.45) is 0 Å². The maximum absolute atomic E-state index is 12.7. The molecule has 0 unspecified atom stereocenters. The first-order valence-corrected chi connectivity index (χ1v) is 8.64. The van der Waals surface area contributed by atoms with Crippen LogP contribution in [0.1, 0.15) is 29.1 Å². The first-order chi connectivity index (χ1) is 12.2. The quantitative estimate of drug-likeness (QED) is 0.320. The molecule has 7 heteroatoms. The topological polar surface area (TPSA) is 79.0 Å². The van der Waals surface area contributed by atoms with E-state index in [0.717, 1.165) is 0 Å². The highest BCUT2D eigenvalue weighted by Crippen LogP contribution is 2.12. The molecule has 1 aliphatic rings. The Bertz CT molecular complexity index is 601. The molecule has 1 heterocycles. The normalized spacial score (nSPS) is 16.8. The molecule has 0 saturated carbocycles. The molecule has 1 fully saturated rings. The molecule has 0 aromatic carbocycles.